The molecule has 2 N–H and O–H groups in total. The Balaban J connectivity index is 2.62. The monoisotopic (exact) mass is 172 g/mol. The third-order valence-electron chi connectivity index (χ3n) is 1.18. The quantitative estimate of drug-likeness (QED) is 0.660. The summed E-state index contributed by atoms with van der Waals surface area (Å²) in [7, 11) is 1.89. The van der Waals surface area contributed by atoms with E-state index >= 15 is 0 Å². The molecular formula is C6H12N4S. The molecule has 0 amide bonds. The van der Waals surface area contributed by atoms with Gasteiger partial charge in [0.05, 0.1) is 0 Å². The maximum absolute atomic E-state index is 5.35. The SMILES string of the molecule is Cc1nc(SCCN)n(C)n1. The van der Waals surface area contributed by atoms with Crippen LogP contribution in [0.1, 0.15) is 5.82 Å². The second-order valence-electron chi connectivity index (χ2n) is 2.20. The van der Waals surface area contributed by atoms with Crippen LogP contribution in [-0.4, -0.2) is 27.1 Å². The van der Waals surface area contributed by atoms with Gasteiger partial charge in [-0.15, -0.1) is 0 Å². The molecule has 1 aromatic rings. The second kappa shape index (κ2) is 3.73. The van der Waals surface area contributed by atoms with Crippen LogP contribution in [-0.2, 0) is 7.05 Å². The minimum absolute atomic E-state index is 0.677. The normalized spacial score (nSPS) is 10.5. The van der Waals surface area contributed by atoms with E-state index in [1.54, 1.807) is 16.4 Å². The molecule has 0 saturated heterocycles. The zero-order valence-electron chi connectivity index (χ0n) is 6.74. The minimum atomic E-state index is 0.677. The molecule has 0 aliphatic carbocycles. The fourth-order valence-corrected chi connectivity index (χ4v) is 1.49. The van der Waals surface area contributed by atoms with Crippen molar-refractivity contribution in [3.8, 4) is 0 Å². The number of rotatable bonds is 3. The molecule has 0 unspecified atom stereocenters. The highest BCUT2D eigenvalue weighted by molar-refractivity contribution is 7.99. The van der Waals surface area contributed by atoms with Gasteiger partial charge in [-0.25, -0.2) is 9.67 Å². The summed E-state index contributed by atoms with van der Waals surface area (Å²) in [4.78, 5) is 4.21. The van der Waals surface area contributed by atoms with Gasteiger partial charge in [0, 0.05) is 19.3 Å². The highest BCUT2D eigenvalue weighted by atomic mass is 32.2. The van der Waals surface area contributed by atoms with Crippen molar-refractivity contribution in [3.63, 3.8) is 0 Å². The van der Waals surface area contributed by atoms with Crippen molar-refractivity contribution >= 4 is 11.8 Å². The van der Waals surface area contributed by atoms with Crippen molar-refractivity contribution in [2.45, 2.75) is 12.1 Å². The van der Waals surface area contributed by atoms with Crippen LogP contribution in [0.4, 0.5) is 0 Å². The first-order chi connectivity index (χ1) is 5.24. The summed E-state index contributed by atoms with van der Waals surface area (Å²) in [5.41, 5.74) is 5.35. The molecule has 62 valence electrons. The molecule has 0 fully saturated rings. The van der Waals surface area contributed by atoms with Crippen molar-refractivity contribution in [1.82, 2.24) is 14.8 Å². The van der Waals surface area contributed by atoms with Crippen LogP contribution in [0.3, 0.4) is 0 Å². The lowest BCUT2D eigenvalue weighted by atomic mass is 10.8. The molecule has 0 radical (unpaired) electrons. The van der Waals surface area contributed by atoms with E-state index in [4.69, 9.17) is 5.73 Å². The van der Waals surface area contributed by atoms with Crippen molar-refractivity contribution < 1.29 is 0 Å². The molecule has 0 saturated carbocycles. The zero-order chi connectivity index (χ0) is 8.27. The van der Waals surface area contributed by atoms with Gasteiger partial charge < -0.3 is 5.73 Å². The molecule has 11 heavy (non-hydrogen) atoms. The topological polar surface area (TPSA) is 56.7 Å². The Labute approximate surface area is 70.2 Å². The lowest BCUT2D eigenvalue weighted by Crippen LogP contribution is -2.02. The van der Waals surface area contributed by atoms with Gasteiger partial charge in [-0.2, -0.15) is 5.10 Å². The number of aryl methyl sites for hydroxylation is 2. The molecule has 1 rings (SSSR count). The van der Waals surface area contributed by atoms with Crippen molar-refractivity contribution in [2.75, 3.05) is 12.3 Å². The lowest BCUT2D eigenvalue weighted by molar-refractivity contribution is 0.682. The Morgan fingerprint density at radius 1 is 1.64 bits per heavy atom. The van der Waals surface area contributed by atoms with E-state index in [0.717, 1.165) is 16.7 Å². The summed E-state index contributed by atoms with van der Waals surface area (Å²) < 4.78 is 1.77. The Morgan fingerprint density at radius 2 is 2.36 bits per heavy atom. The number of aromatic nitrogens is 3. The van der Waals surface area contributed by atoms with Gasteiger partial charge in [0.15, 0.2) is 5.16 Å². The molecule has 1 aromatic heterocycles. The number of nitrogens with zero attached hydrogens (tertiary/aromatic N) is 3. The van der Waals surface area contributed by atoms with Gasteiger partial charge in [-0.1, -0.05) is 11.8 Å². The first-order valence-electron chi connectivity index (χ1n) is 3.44. The standard InChI is InChI=1S/C6H12N4S/c1-5-8-6(10(2)9-5)11-4-3-7/h3-4,7H2,1-2H3. The summed E-state index contributed by atoms with van der Waals surface area (Å²) in [6, 6.07) is 0. The number of thioether (sulfide) groups is 1. The first kappa shape index (κ1) is 8.55. The average molecular weight is 172 g/mol. The number of nitrogens with two attached hydrogens (primary N) is 1. The molecule has 0 aliphatic heterocycles. The largest absolute Gasteiger partial charge is 0.330 e. The predicted octanol–water partition coefficient (Wildman–Crippen LogP) is 0.174. The van der Waals surface area contributed by atoms with Crippen LogP contribution in [0, 0.1) is 6.92 Å². The summed E-state index contributed by atoms with van der Waals surface area (Å²) in [6.07, 6.45) is 0. The second-order valence-corrected chi connectivity index (χ2v) is 3.26. The van der Waals surface area contributed by atoms with E-state index < -0.39 is 0 Å². The van der Waals surface area contributed by atoms with Crippen molar-refractivity contribution in [1.29, 1.82) is 0 Å². The molecule has 4 nitrogen and oxygen atoms in total. The molecule has 0 bridgehead atoms. The average Bonchev–Trinajstić information content (AvgIpc) is 2.26. The molecule has 0 spiro atoms. The van der Waals surface area contributed by atoms with E-state index in [2.05, 4.69) is 10.1 Å². The van der Waals surface area contributed by atoms with Gasteiger partial charge in [0.1, 0.15) is 5.82 Å². The van der Waals surface area contributed by atoms with Gasteiger partial charge in [-0.3, -0.25) is 0 Å². The molecule has 0 aromatic carbocycles. The van der Waals surface area contributed by atoms with Gasteiger partial charge in [0.25, 0.3) is 0 Å². The Hall–Kier alpha value is -0.550. The Bertz CT molecular complexity index is 232. The lowest BCUT2D eigenvalue weighted by Gasteiger charge is -1.95. The van der Waals surface area contributed by atoms with Gasteiger partial charge >= 0.3 is 0 Å². The van der Waals surface area contributed by atoms with Crippen LogP contribution >= 0.6 is 11.8 Å². The Morgan fingerprint density at radius 3 is 2.82 bits per heavy atom. The summed E-state index contributed by atoms with van der Waals surface area (Å²) >= 11 is 1.63. The summed E-state index contributed by atoms with van der Waals surface area (Å²) in [6.45, 7) is 2.56. The Kier molecular flexibility index (Phi) is 2.90. The van der Waals surface area contributed by atoms with Crippen LogP contribution in [0.5, 0.6) is 0 Å². The van der Waals surface area contributed by atoms with Gasteiger partial charge in [-0.05, 0) is 6.92 Å². The molecule has 0 atom stereocenters. The maximum Gasteiger partial charge on any atom is 0.186 e. The zero-order valence-corrected chi connectivity index (χ0v) is 7.56. The van der Waals surface area contributed by atoms with Crippen molar-refractivity contribution in [2.24, 2.45) is 12.8 Å². The number of hydrogen-bond acceptors (Lipinski definition) is 4. The third kappa shape index (κ3) is 2.20. The van der Waals surface area contributed by atoms with E-state index in [-0.39, 0.29) is 0 Å². The van der Waals surface area contributed by atoms with E-state index in [0.29, 0.717) is 6.54 Å². The van der Waals surface area contributed by atoms with Crippen LogP contribution < -0.4 is 5.73 Å². The smallest absolute Gasteiger partial charge is 0.186 e. The molecular weight excluding hydrogens is 160 g/mol. The molecule has 1 heterocycles. The fraction of sp³-hybridized carbons (Fsp3) is 0.667. The maximum atomic E-state index is 5.35. The highest BCUT2D eigenvalue weighted by Gasteiger charge is 2.02. The molecule has 5 heteroatoms. The summed E-state index contributed by atoms with van der Waals surface area (Å²) in [5, 5.41) is 5.05. The fourth-order valence-electron chi connectivity index (χ4n) is 0.769. The van der Waals surface area contributed by atoms with Crippen molar-refractivity contribution in [3.05, 3.63) is 5.82 Å². The summed E-state index contributed by atoms with van der Waals surface area (Å²) in [5.74, 6) is 1.71. The highest BCUT2D eigenvalue weighted by Crippen LogP contribution is 2.12. The minimum Gasteiger partial charge on any atom is -0.330 e. The van der Waals surface area contributed by atoms with E-state index in [1.165, 1.54) is 0 Å². The molecule has 0 aliphatic rings. The van der Waals surface area contributed by atoms with Crippen LogP contribution in [0.2, 0.25) is 0 Å². The van der Waals surface area contributed by atoms with E-state index in [9.17, 15) is 0 Å². The van der Waals surface area contributed by atoms with Gasteiger partial charge in [0.2, 0.25) is 0 Å². The first-order valence-corrected chi connectivity index (χ1v) is 4.43. The number of hydrogen-bond donors (Lipinski definition) is 1. The third-order valence-corrected chi connectivity index (χ3v) is 2.23. The van der Waals surface area contributed by atoms with Crippen LogP contribution in [0.15, 0.2) is 5.16 Å². The van der Waals surface area contributed by atoms with E-state index in [1.807, 2.05) is 14.0 Å². The predicted molar refractivity (Wildman–Crippen MR) is 45.5 cm³/mol. The van der Waals surface area contributed by atoms with Crippen LogP contribution in [0.25, 0.3) is 0 Å².